The van der Waals surface area contributed by atoms with Crippen LogP contribution in [0.3, 0.4) is 0 Å². The first kappa shape index (κ1) is 19.0. The van der Waals surface area contributed by atoms with E-state index < -0.39 is 0 Å². The lowest BCUT2D eigenvalue weighted by molar-refractivity contribution is -0.143. The van der Waals surface area contributed by atoms with Crippen LogP contribution in [0.1, 0.15) is 29.5 Å². The van der Waals surface area contributed by atoms with E-state index in [0.29, 0.717) is 45.8 Å². The number of morpholine rings is 1. The fourth-order valence-electron chi connectivity index (χ4n) is 4.22. The summed E-state index contributed by atoms with van der Waals surface area (Å²) < 4.78 is 11.1. The van der Waals surface area contributed by atoms with Gasteiger partial charge in [0.15, 0.2) is 0 Å². The molecule has 28 heavy (non-hydrogen) atoms. The largest absolute Gasteiger partial charge is 0.464 e. The third-order valence-corrected chi connectivity index (χ3v) is 6.20. The molecule has 0 spiro atoms. The van der Waals surface area contributed by atoms with Crippen LogP contribution in [0.25, 0.3) is 11.0 Å². The van der Waals surface area contributed by atoms with Crippen LogP contribution in [0.5, 0.6) is 0 Å². The van der Waals surface area contributed by atoms with Gasteiger partial charge in [-0.05, 0) is 37.8 Å². The summed E-state index contributed by atoms with van der Waals surface area (Å²) in [6.07, 6.45) is 3.54. The summed E-state index contributed by atoms with van der Waals surface area (Å²) in [7, 11) is 0. The number of amides is 2. The van der Waals surface area contributed by atoms with Crippen molar-refractivity contribution in [2.75, 3.05) is 39.4 Å². The van der Waals surface area contributed by atoms with E-state index in [1.165, 1.54) is 5.56 Å². The Morgan fingerprint density at radius 3 is 2.46 bits per heavy atom. The van der Waals surface area contributed by atoms with Gasteiger partial charge in [0.05, 0.1) is 25.9 Å². The number of benzene rings is 1. The van der Waals surface area contributed by atoms with Gasteiger partial charge < -0.3 is 19.0 Å². The molecule has 6 heteroatoms. The van der Waals surface area contributed by atoms with Crippen molar-refractivity contribution in [2.24, 2.45) is 5.92 Å². The molecule has 4 rings (SSSR count). The smallest absolute Gasteiger partial charge is 0.227 e. The molecule has 1 aromatic heterocycles. The SMILES string of the molecule is Cc1ccc2c(CC(=O)N3CCC(C(=O)N4CCOCC4)CC3)coc2c1C. The average molecular weight is 384 g/mol. The maximum atomic E-state index is 12.8. The van der Waals surface area contributed by atoms with Crippen LogP contribution in [-0.2, 0) is 20.7 Å². The van der Waals surface area contributed by atoms with Gasteiger partial charge in [0.1, 0.15) is 5.58 Å². The molecule has 0 radical (unpaired) electrons. The molecular formula is C22H28N2O4. The summed E-state index contributed by atoms with van der Waals surface area (Å²) in [5.41, 5.74) is 4.12. The topological polar surface area (TPSA) is 63.0 Å². The summed E-state index contributed by atoms with van der Waals surface area (Å²) in [6, 6.07) is 4.11. The second-order valence-electron chi connectivity index (χ2n) is 7.91. The van der Waals surface area contributed by atoms with E-state index >= 15 is 0 Å². The molecule has 0 N–H and O–H groups in total. The molecule has 150 valence electrons. The Morgan fingerprint density at radius 1 is 1.04 bits per heavy atom. The van der Waals surface area contributed by atoms with Crippen molar-refractivity contribution in [2.45, 2.75) is 33.1 Å². The van der Waals surface area contributed by atoms with E-state index in [9.17, 15) is 9.59 Å². The van der Waals surface area contributed by atoms with Crippen molar-refractivity contribution < 1.29 is 18.7 Å². The van der Waals surface area contributed by atoms with Gasteiger partial charge in [0.25, 0.3) is 0 Å². The van der Waals surface area contributed by atoms with Crippen LogP contribution < -0.4 is 0 Å². The van der Waals surface area contributed by atoms with Gasteiger partial charge in [-0.1, -0.05) is 12.1 Å². The van der Waals surface area contributed by atoms with Crippen LogP contribution in [0.2, 0.25) is 0 Å². The lowest BCUT2D eigenvalue weighted by Gasteiger charge is -2.35. The Bertz CT molecular complexity index is 874. The predicted octanol–water partition coefficient (Wildman–Crippen LogP) is 2.69. The number of ether oxygens (including phenoxy) is 1. The third kappa shape index (κ3) is 3.65. The Labute approximate surface area is 165 Å². The van der Waals surface area contributed by atoms with Crippen LogP contribution in [0.15, 0.2) is 22.8 Å². The highest BCUT2D eigenvalue weighted by molar-refractivity contribution is 5.89. The first-order chi connectivity index (χ1) is 13.5. The van der Waals surface area contributed by atoms with Gasteiger partial charge in [-0.15, -0.1) is 0 Å². The van der Waals surface area contributed by atoms with Crippen molar-refractivity contribution >= 4 is 22.8 Å². The molecule has 0 atom stereocenters. The lowest BCUT2D eigenvalue weighted by atomic mass is 9.94. The number of rotatable bonds is 3. The summed E-state index contributed by atoms with van der Waals surface area (Å²) in [6.45, 7) is 8.02. The molecule has 6 nitrogen and oxygen atoms in total. The quantitative estimate of drug-likeness (QED) is 0.816. The highest BCUT2D eigenvalue weighted by Gasteiger charge is 2.31. The number of aryl methyl sites for hydroxylation is 2. The number of nitrogens with zero attached hydrogens (tertiary/aromatic N) is 2. The van der Waals surface area contributed by atoms with Crippen LogP contribution >= 0.6 is 0 Å². The fraction of sp³-hybridized carbons (Fsp3) is 0.545. The molecule has 3 heterocycles. The summed E-state index contributed by atoms with van der Waals surface area (Å²) >= 11 is 0. The standard InChI is InChI=1S/C22H28N2O4/c1-15-3-4-19-18(14-28-21(19)16(15)2)13-20(25)23-7-5-17(6-8-23)22(26)24-9-11-27-12-10-24/h3-4,14,17H,5-13H2,1-2H3. The molecule has 0 aliphatic carbocycles. The molecule has 0 unspecified atom stereocenters. The number of fused-ring (bicyclic) bond motifs is 1. The van der Waals surface area contributed by atoms with E-state index in [4.69, 9.17) is 9.15 Å². The zero-order chi connectivity index (χ0) is 19.7. The third-order valence-electron chi connectivity index (χ3n) is 6.20. The predicted molar refractivity (Wildman–Crippen MR) is 106 cm³/mol. The van der Waals surface area contributed by atoms with Gasteiger partial charge in [0, 0.05) is 43.0 Å². The highest BCUT2D eigenvalue weighted by Crippen LogP contribution is 2.28. The van der Waals surface area contributed by atoms with Crippen LogP contribution in [0.4, 0.5) is 0 Å². The molecule has 1 aromatic carbocycles. The molecule has 2 aliphatic heterocycles. The first-order valence-electron chi connectivity index (χ1n) is 10.1. The zero-order valence-electron chi connectivity index (χ0n) is 16.7. The maximum Gasteiger partial charge on any atom is 0.227 e. The van der Waals surface area contributed by atoms with E-state index in [0.717, 1.165) is 34.9 Å². The second-order valence-corrected chi connectivity index (χ2v) is 7.91. The van der Waals surface area contributed by atoms with Gasteiger partial charge in [-0.3, -0.25) is 9.59 Å². The Kier molecular flexibility index (Phi) is 5.40. The minimum atomic E-state index is 0.0301. The Hall–Kier alpha value is -2.34. The van der Waals surface area contributed by atoms with Crippen molar-refractivity contribution in [1.82, 2.24) is 9.80 Å². The van der Waals surface area contributed by atoms with Crippen molar-refractivity contribution in [1.29, 1.82) is 0 Å². The van der Waals surface area contributed by atoms with Gasteiger partial charge in [-0.2, -0.15) is 0 Å². The van der Waals surface area contributed by atoms with E-state index in [1.807, 2.05) is 22.8 Å². The van der Waals surface area contributed by atoms with E-state index in [-0.39, 0.29) is 17.7 Å². The second kappa shape index (κ2) is 7.95. The fourth-order valence-corrected chi connectivity index (χ4v) is 4.22. The monoisotopic (exact) mass is 384 g/mol. The van der Waals surface area contributed by atoms with Crippen molar-refractivity contribution in [3.63, 3.8) is 0 Å². The number of hydrogen-bond donors (Lipinski definition) is 0. The molecule has 2 saturated heterocycles. The van der Waals surface area contributed by atoms with Gasteiger partial charge in [0.2, 0.25) is 11.8 Å². The summed E-state index contributed by atoms with van der Waals surface area (Å²) in [4.78, 5) is 29.3. The highest BCUT2D eigenvalue weighted by atomic mass is 16.5. The molecular weight excluding hydrogens is 356 g/mol. The van der Waals surface area contributed by atoms with E-state index in [1.54, 1.807) is 6.26 Å². The average Bonchev–Trinajstić information content (AvgIpc) is 3.14. The zero-order valence-corrected chi connectivity index (χ0v) is 16.7. The molecule has 2 aliphatic rings. The molecule has 2 fully saturated rings. The lowest BCUT2D eigenvalue weighted by Crippen LogP contribution is -2.47. The number of likely N-dealkylation sites (tertiary alicyclic amines) is 1. The minimum absolute atomic E-state index is 0.0301. The van der Waals surface area contributed by atoms with Crippen LogP contribution in [0, 0.1) is 19.8 Å². The Balaban J connectivity index is 1.35. The number of hydrogen-bond acceptors (Lipinski definition) is 4. The maximum absolute atomic E-state index is 12.8. The number of piperidine rings is 1. The normalized spacial score (nSPS) is 18.6. The van der Waals surface area contributed by atoms with Gasteiger partial charge >= 0.3 is 0 Å². The molecule has 2 aromatic rings. The van der Waals surface area contributed by atoms with Crippen molar-refractivity contribution in [3.8, 4) is 0 Å². The minimum Gasteiger partial charge on any atom is -0.464 e. The summed E-state index contributed by atoms with van der Waals surface area (Å²) in [5.74, 6) is 0.364. The number of carbonyl (C=O) groups is 2. The Morgan fingerprint density at radius 2 is 1.75 bits per heavy atom. The van der Waals surface area contributed by atoms with Gasteiger partial charge in [-0.25, -0.2) is 0 Å². The molecule has 0 bridgehead atoms. The first-order valence-corrected chi connectivity index (χ1v) is 10.1. The molecule has 2 amide bonds. The van der Waals surface area contributed by atoms with E-state index in [2.05, 4.69) is 13.0 Å². The number of carbonyl (C=O) groups excluding carboxylic acids is 2. The molecule has 0 saturated carbocycles. The van der Waals surface area contributed by atoms with Crippen molar-refractivity contribution in [3.05, 3.63) is 35.1 Å². The van der Waals surface area contributed by atoms with Crippen LogP contribution in [-0.4, -0.2) is 61.0 Å². The number of furan rings is 1. The summed E-state index contributed by atoms with van der Waals surface area (Å²) in [5, 5.41) is 1.02.